The fraction of sp³-hybridized carbons (Fsp3) is 0.125. The number of anilines is 1. The number of sulfonamides is 1. The van der Waals surface area contributed by atoms with Gasteiger partial charge in [-0.25, -0.2) is 8.42 Å². The largest absolute Gasteiger partial charge is 0.325 e. The molecule has 174 valence electrons. The third-order valence-electron chi connectivity index (χ3n) is 4.98. The van der Waals surface area contributed by atoms with Gasteiger partial charge in [0.25, 0.3) is 0 Å². The highest BCUT2D eigenvalue weighted by Crippen LogP contribution is 2.21. The lowest BCUT2D eigenvalue weighted by atomic mass is 10.2. The molecule has 0 aliphatic heterocycles. The molecule has 0 unspecified atom stereocenters. The van der Waals surface area contributed by atoms with Crippen LogP contribution in [0.2, 0.25) is 0 Å². The van der Waals surface area contributed by atoms with Crippen molar-refractivity contribution in [2.24, 2.45) is 0 Å². The Morgan fingerprint density at radius 3 is 2.29 bits per heavy atom. The van der Waals surface area contributed by atoms with Crippen molar-refractivity contribution >= 4 is 33.4 Å². The van der Waals surface area contributed by atoms with Gasteiger partial charge in [-0.3, -0.25) is 9.36 Å². The summed E-state index contributed by atoms with van der Waals surface area (Å²) in [6.45, 7) is 0.270. The van der Waals surface area contributed by atoms with E-state index in [0.717, 1.165) is 11.3 Å². The third-order valence-corrected chi connectivity index (χ3v) is 7.74. The highest BCUT2D eigenvalue weighted by atomic mass is 32.2. The smallest absolute Gasteiger partial charge is 0.243 e. The number of hydrogen-bond donors (Lipinski definition) is 1. The zero-order valence-corrected chi connectivity index (χ0v) is 20.0. The van der Waals surface area contributed by atoms with Gasteiger partial charge in [-0.05, 0) is 42.0 Å². The summed E-state index contributed by atoms with van der Waals surface area (Å²) in [7, 11) is -2.11. The molecule has 0 aliphatic carbocycles. The number of nitrogens with one attached hydrogen (secondary N) is 1. The zero-order chi connectivity index (χ0) is 24.0. The van der Waals surface area contributed by atoms with Crippen LogP contribution in [0.15, 0.2) is 101 Å². The Morgan fingerprint density at radius 1 is 0.971 bits per heavy atom. The van der Waals surface area contributed by atoms with Crippen molar-refractivity contribution in [1.29, 1.82) is 0 Å². The second kappa shape index (κ2) is 10.6. The summed E-state index contributed by atoms with van der Waals surface area (Å²) in [4.78, 5) is 12.6. The first kappa shape index (κ1) is 23.7. The maximum atomic E-state index is 12.9. The Balaban J connectivity index is 1.35. The zero-order valence-electron chi connectivity index (χ0n) is 18.4. The van der Waals surface area contributed by atoms with Crippen LogP contribution in [0.5, 0.6) is 0 Å². The van der Waals surface area contributed by atoms with Crippen LogP contribution < -0.4 is 5.32 Å². The number of nitrogens with zero attached hydrogens (tertiary/aromatic N) is 4. The van der Waals surface area contributed by atoms with E-state index in [9.17, 15) is 13.2 Å². The molecule has 0 saturated carbocycles. The first-order chi connectivity index (χ1) is 16.4. The van der Waals surface area contributed by atoms with Crippen molar-refractivity contribution in [2.45, 2.75) is 16.6 Å². The van der Waals surface area contributed by atoms with Gasteiger partial charge in [0.2, 0.25) is 15.9 Å². The van der Waals surface area contributed by atoms with Crippen LogP contribution in [0.3, 0.4) is 0 Å². The third kappa shape index (κ3) is 5.71. The van der Waals surface area contributed by atoms with Crippen LogP contribution in [0.1, 0.15) is 5.56 Å². The fourth-order valence-electron chi connectivity index (χ4n) is 3.23. The molecular weight excluding hydrogens is 470 g/mol. The number of para-hydroxylation sites is 1. The Morgan fingerprint density at radius 2 is 1.62 bits per heavy atom. The van der Waals surface area contributed by atoms with Crippen molar-refractivity contribution in [1.82, 2.24) is 19.1 Å². The quantitative estimate of drug-likeness (QED) is 0.356. The fourth-order valence-corrected chi connectivity index (χ4v) is 5.12. The average Bonchev–Trinajstić information content (AvgIpc) is 3.33. The highest BCUT2D eigenvalue weighted by molar-refractivity contribution is 7.99. The van der Waals surface area contributed by atoms with Gasteiger partial charge in [-0.15, -0.1) is 10.2 Å². The molecule has 1 aromatic heterocycles. The van der Waals surface area contributed by atoms with Gasteiger partial charge in [0.1, 0.15) is 6.33 Å². The van der Waals surface area contributed by atoms with Crippen LogP contribution >= 0.6 is 11.8 Å². The molecule has 4 aromatic rings. The highest BCUT2D eigenvalue weighted by Gasteiger charge is 2.21. The number of carbonyl (C=O) groups is 1. The number of aromatic nitrogens is 3. The molecule has 34 heavy (non-hydrogen) atoms. The molecule has 0 spiro atoms. The number of amides is 1. The van der Waals surface area contributed by atoms with Crippen molar-refractivity contribution in [3.05, 3.63) is 96.8 Å². The van der Waals surface area contributed by atoms with E-state index in [1.165, 1.54) is 28.2 Å². The van der Waals surface area contributed by atoms with Crippen molar-refractivity contribution in [2.75, 3.05) is 18.1 Å². The molecule has 1 heterocycles. The standard InChI is InChI=1S/C24H23N5O3S2/c1-28(16-19-8-4-2-5-9-19)34(31,32)22-14-12-20(13-15-22)26-23(30)17-33-24-27-25-18-29(24)21-10-6-3-7-11-21/h2-15,18H,16-17H2,1H3,(H,26,30). The molecule has 1 amide bonds. The minimum absolute atomic E-state index is 0.130. The van der Waals surface area contributed by atoms with E-state index in [1.807, 2.05) is 65.2 Å². The molecule has 0 atom stereocenters. The van der Waals surface area contributed by atoms with Gasteiger partial charge in [-0.1, -0.05) is 60.3 Å². The summed E-state index contributed by atoms with van der Waals surface area (Å²) in [6.07, 6.45) is 1.60. The lowest BCUT2D eigenvalue weighted by molar-refractivity contribution is -0.113. The normalized spacial score (nSPS) is 11.5. The molecule has 10 heteroatoms. The van der Waals surface area contributed by atoms with E-state index >= 15 is 0 Å². The molecule has 0 bridgehead atoms. The summed E-state index contributed by atoms with van der Waals surface area (Å²) < 4.78 is 28.9. The lowest BCUT2D eigenvalue weighted by Gasteiger charge is -2.17. The molecule has 0 saturated heterocycles. The van der Waals surface area contributed by atoms with E-state index < -0.39 is 10.0 Å². The van der Waals surface area contributed by atoms with E-state index in [0.29, 0.717) is 10.8 Å². The summed E-state index contributed by atoms with van der Waals surface area (Å²) in [5.41, 5.74) is 2.32. The Kier molecular flexibility index (Phi) is 7.41. The van der Waals surface area contributed by atoms with Gasteiger partial charge in [0, 0.05) is 25.0 Å². The molecule has 1 N–H and O–H groups in total. The SMILES string of the molecule is CN(Cc1ccccc1)S(=O)(=O)c1ccc(NC(=O)CSc2nncn2-c2ccccc2)cc1. The monoisotopic (exact) mass is 493 g/mol. The van der Waals surface area contributed by atoms with E-state index in [1.54, 1.807) is 25.5 Å². The second-order valence-corrected chi connectivity index (χ2v) is 10.4. The first-order valence-electron chi connectivity index (χ1n) is 10.4. The van der Waals surface area contributed by atoms with E-state index in [4.69, 9.17) is 0 Å². The molecule has 0 radical (unpaired) electrons. The molecule has 3 aromatic carbocycles. The van der Waals surface area contributed by atoms with Gasteiger partial charge >= 0.3 is 0 Å². The van der Waals surface area contributed by atoms with Crippen LogP contribution in [0.4, 0.5) is 5.69 Å². The average molecular weight is 494 g/mol. The first-order valence-corrected chi connectivity index (χ1v) is 12.8. The second-order valence-electron chi connectivity index (χ2n) is 7.43. The van der Waals surface area contributed by atoms with Crippen LogP contribution in [-0.4, -0.2) is 46.2 Å². The maximum Gasteiger partial charge on any atom is 0.243 e. The lowest BCUT2D eigenvalue weighted by Crippen LogP contribution is -2.26. The number of carbonyl (C=O) groups excluding carboxylic acids is 1. The Bertz CT molecular complexity index is 1340. The Labute approximate surface area is 202 Å². The molecule has 4 rings (SSSR count). The number of benzene rings is 3. The molecule has 0 fully saturated rings. The van der Waals surface area contributed by atoms with Crippen molar-refractivity contribution in [3.63, 3.8) is 0 Å². The Hall–Kier alpha value is -3.47. The predicted octanol–water partition coefficient (Wildman–Crippen LogP) is 3.82. The maximum absolute atomic E-state index is 12.9. The van der Waals surface area contributed by atoms with E-state index in [2.05, 4.69) is 15.5 Å². The van der Waals surface area contributed by atoms with Crippen LogP contribution in [0, 0.1) is 0 Å². The topological polar surface area (TPSA) is 97.2 Å². The minimum Gasteiger partial charge on any atom is -0.325 e. The summed E-state index contributed by atoms with van der Waals surface area (Å²) in [6, 6.07) is 25.2. The van der Waals surface area contributed by atoms with Gasteiger partial charge in [0.05, 0.1) is 10.6 Å². The van der Waals surface area contributed by atoms with E-state index in [-0.39, 0.29) is 23.1 Å². The predicted molar refractivity (Wildman–Crippen MR) is 132 cm³/mol. The van der Waals surface area contributed by atoms with Crippen molar-refractivity contribution in [3.8, 4) is 5.69 Å². The number of thioether (sulfide) groups is 1. The molecule has 0 aliphatic rings. The summed E-state index contributed by atoms with van der Waals surface area (Å²) in [5, 5.41) is 11.4. The van der Waals surface area contributed by atoms with Crippen LogP contribution in [-0.2, 0) is 21.4 Å². The van der Waals surface area contributed by atoms with Gasteiger partial charge in [0.15, 0.2) is 5.16 Å². The minimum atomic E-state index is -3.65. The van der Waals surface area contributed by atoms with Gasteiger partial charge < -0.3 is 5.32 Å². The van der Waals surface area contributed by atoms with Crippen LogP contribution in [0.25, 0.3) is 5.69 Å². The summed E-state index contributed by atoms with van der Waals surface area (Å²) >= 11 is 1.26. The molecular formula is C24H23N5O3S2. The number of hydrogen-bond acceptors (Lipinski definition) is 6. The summed E-state index contributed by atoms with van der Waals surface area (Å²) in [5.74, 6) is -0.102. The molecule has 8 nitrogen and oxygen atoms in total. The number of rotatable bonds is 9. The van der Waals surface area contributed by atoms with Gasteiger partial charge in [-0.2, -0.15) is 4.31 Å². The van der Waals surface area contributed by atoms with Crippen molar-refractivity contribution < 1.29 is 13.2 Å².